The molecule has 2 fully saturated rings. The number of alkyl halides is 2. The number of carbonyl (C=O) groups is 1. The lowest BCUT2D eigenvalue weighted by molar-refractivity contribution is 0.102. The summed E-state index contributed by atoms with van der Waals surface area (Å²) in [6.07, 6.45) is 5.12. The van der Waals surface area contributed by atoms with Crippen molar-refractivity contribution in [2.24, 2.45) is 17.8 Å². The van der Waals surface area contributed by atoms with Crippen molar-refractivity contribution in [2.75, 3.05) is 13.6 Å². The Bertz CT molecular complexity index is 347. The van der Waals surface area contributed by atoms with Crippen molar-refractivity contribution in [3.05, 3.63) is 0 Å². The molecule has 0 bridgehead atoms. The van der Waals surface area contributed by atoms with Gasteiger partial charge in [0, 0.05) is 26.1 Å². The molecule has 2 amide bonds. The molecule has 2 rings (SSSR count). The first-order valence-corrected chi connectivity index (χ1v) is 8.27. The Morgan fingerprint density at radius 3 is 2.52 bits per heavy atom. The van der Waals surface area contributed by atoms with Crippen LogP contribution in [0.1, 0.15) is 51.9 Å². The molecular weight excluding hydrogens is 274 g/mol. The Labute approximate surface area is 126 Å². The lowest BCUT2D eigenvalue weighted by Crippen LogP contribution is -2.45. The van der Waals surface area contributed by atoms with Crippen molar-refractivity contribution >= 4 is 6.03 Å². The fraction of sp³-hybridized carbons (Fsp3) is 0.938. The minimum absolute atomic E-state index is 0.219. The molecule has 3 nitrogen and oxygen atoms in total. The number of rotatable bonds is 6. The number of nitrogens with zero attached hydrogens (tertiary/aromatic N) is 1. The average Bonchev–Trinajstić information content (AvgIpc) is 3.28. The average molecular weight is 302 g/mol. The Kier molecular flexibility index (Phi) is 5.82. The lowest BCUT2D eigenvalue weighted by atomic mass is 9.76. The first kappa shape index (κ1) is 16.5. The van der Waals surface area contributed by atoms with Crippen molar-refractivity contribution in [2.45, 2.75) is 64.3 Å². The van der Waals surface area contributed by atoms with Crippen LogP contribution in [0.15, 0.2) is 0 Å². The van der Waals surface area contributed by atoms with Gasteiger partial charge < -0.3 is 10.2 Å². The molecule has 0 radical (unpaired) electrons. The highest BCUT2D eigenvalue weighted by Gasteiger charge is 2.37. The highest BCUT2D eigenvalue weighted by Crippen LogP contribution is 2.46. The molecule has 0 aromatic heterocycles. The molecule has 0 aliphatic heterocycles. The van der Waals surface area contributed by atoms with Crippen molar-refractivity contribution < 1.29 is 13.6 Å². The first-order valence-electron chi connectivity index (χ1n) is 8.27. The number of hydrogen-bond donors (Lipinski definition) is 1. The summed E-state index contributed by atoms with van der Waals surface area (Å²) in [5, 5.41) is 2.96. The minimum Gasteiger partial charge on any atom is -0.338 e. The van der Waals surface area contributed by atoms with Gasteiger partial charge in [0.2, 0.25) is 6.43 Å². The van der Waals surface area contributed by atoms with E-state index in [9.17, 15) is 13.6 Å². The maximum atomic E-state index is 12.4. The first-order chi connectivity index (χ1) is 9.99. The molecule has 0 spiro atoms. The number of nitrogens with one attached hydrogen (secondary N) is 1. The minimum atomic E-state index is -2.37. The van der Waals surface area contributed by atoms with Gasteiger partial charge >= 0.3 is 6.03 Å². The number of carbonyl (C=O) groups excluding carboxylic acids is 1. The number of amides is 2. The molecule has 2 aliphatic carbocycles. The van der Waals surface area contributed by atoms with Gasteiger partial charge in [0.15, 0.2) is 0 Å². The van der Waals surface area contributed by atoms with Crippen molar-refractivity contribution in [1.82, 2.24) is 10.2 Å². The molecule has 0 saturated heterocycles. The van der Waals surface area contributed by atoms with Crippen LogP contribution in [0.3, 0.4) is 0 Å². The Balaban J connectivity index is 1.76. The number of hydrogen-bond acceptors (Lipinski definition) is 1. The molecule has 3 unspecified atom stereocenters. The molecule has 21 heavy (non-hydrogen) atoms. The highest BCUT2D eigenvalue weighted by molar-refractivity contribution is 5.74. The number of halogens is 2. The topological polar surface area (TPSA) is 32.3 Å². The van der Waals surface area contributed by atoms with E-state index in [1.54, 1.807) is 14.0 Å². The molecule has 0 aromatic carbocycles. The maximum absolute atomic E-state index is 12.4. The van der Waals surface area contributed by atoms with E-state index in [0.717, 1.165) is 11.8 Å². The Morgan fingerprint density at radius 2 is 1.90 bits per heavy atom. The lowest BCUT2D eigenvalue weighted by Gasteiger charge is -2.33. The van der Waals surface area contributed by atoms with Gasteiger partial charge in [-0.3, -0.25) is 0 Å². The van der Waals surface area contributed by atoms with E-state index in [1.165, 1.54) is 43.4 Å². The summed E-state index contributed by atoms with van der Waals surface area (Å²) < 4.78 is 24.7. The van der Waals surface area contributed by atoms with Crippen molar-refractivity contribution in [3.63, 3.8) is 0 Å². The van der Waals surface area contributed by atoms with E-state index in [4.69, 9.17) is 0 Å². The van der Waals surface area contributed by atoms with E-state index in [-0.39, 0.29) is 12.5 Å². The highest BCUT2D eigenvalue weighted by atomic mass is 19.3. The smallest absolute Gasteiger partial charge is 0.317 e. The Hall–Kier alpha value is -0.870. The summed E-state index contributed by atoms with van der Waals surface area (Å²) in [4.78, 5) is 13.5. The third-order valence-electron chi connectivity index (χ3n) is 5.21. The van der Waals surface area contributed by atoms with E-state index >= 15 is 0 Å². The SMILES string of the molecule is CC(CC(F)F)N(C)C(=O)NCC1CCCCC1C1CC1. The zero-order chi connectivity index (χ0) is 15.4. The van der Waals surface area contributed by atoms with Gasteiger partial charge in [-0.2, -0.15) is 0 Å². The second kappa shape index (κ2) is 7.41. The van der Waals surface area contributed by atoms with Gasteiger partial charge in [0.1, 0.15) is 0 Å². The zero-order valence-electron chi connectivity index (χ0n) is 13.2. The van der Waals surface area contributed by atoms with Crippen LogP contribution in [-0.4, -0.2) is 37.0 Å². The molecule has 122 valence electrons. The predicted molar refractivity (Wildman–Crippen MR) is 79.4 cm³/mol. The van der Waals surface area contributed by atoms with Gasteiger partial charge in [-0.15, -0.1) is 0 Å². The largest absolute Gasteiger partial charge is 0.338 e. The summed E-state index contributed by atoms with van der Waals surface area (Å²) in [6, 6.07) is -0.654. The van der Waals surface area contributed by atoms with Gasteiger partial charge in [-0.25, -0.2) is 13.6 Å². The van der Waals surface area contributed by atoms with Crippen LogP contribution in [-0.2, 0) is 0 Å². The van der Waals surface area contributed by atoms with E-state index in [2.05, 4.69) is 5.32 Å². The van der Waals surface area contributed by atoms with Gasteiger partial charge in [0.05, 0.1) is 0 Å². The van der Waals surface area contributed by atoms with E-state index in [1.807, 2.05) is 0 Å². The van der Waals surface area contributed by atoms with Crippen LogP contribution >= 0.6 is 0 Å². The van der Waals surface area contributed by atoms with Crippen molar-refractivity contribution in [1.29, 1.82) is 0 Å². The summed E-state index contributed by atoms with van der Waals surface area (Å²) in [7, 11) is 1.60. The summed E-state index contributed by atoms with van der Waals surface area (Å²) >= 11 is 0. The third kappa shape index (κ3) is 4.82. The summed E-state index contributed by atoms with van der Waals surface area (Å²) in [5.41, 5.74) is 0. The van der Waals surface area contributed by atoms with Gasteiger partial charge in [-0.1, -0.05) is 12.8 Å². The van der Waals surface area contributed by atoms with Crippen LogP contribution in [0.4, 0.5) is 13.6 Å². The second-order valence-electron chi connectivity index (χ2n) is 6.82. The Morgan fingerprint density at radius 1 is 1.24 bits per heavy atom. The van der Waals surface area contributed by atoms with Crippen LogP contribution in [0.2, 0.25) is 0 Å². The standard InChI is InChI=1S/C16H28F2N2O/c1-11(9-15(17)18)20(2)16(21)19-10-13-5-3-4-6-14(13)12-7-8-12/h11-15H,3-10H2,1-2H3,(H,19,21). The molecule has 0 aromatic rings. The quantitative estimate of drug-likeness (QED) is 0.793. The fourth-order valence-electron chi connectivity index (χ4n) is 3.59. The number of urea groups is 1. The second-order valence-corrected chi connectivity index (χ2v) is 6.82. The summed E-state index contributed by atoms with van der Waals surface area (Å²) in [5.74, 6) is 2.22. The van der Waals surface area contributed by atoms with E-state index in [0.29, 0.717) is 12.5 Å². The predicted octanol–water partition coefficient (Wildman–Crippen LogP) is 3.89. The monoisotopic (exact) mass is 302 g/mol. The molecular formula is C16H28F2N2O. The van der Waals surface area contributed by atoms with Crippen LogP contribution < -0.4 is 5.32 Å². The van der Waals surface area contributed by atoms with Crippen LogP contribution in [0.25, 0.3) is 0 Å². The van der Waals surface area contributed by atoms with Crippen molar-refractivity contribution in [3.8, 4) is 0 Å². The molecule has 2 saturated carbocycles. The molecule has 1 N–H and O–H groups in total. The van der Waals surface area contributed by atoms with E-state index < -0.39 is 12.5 Å². The molecule has 0 heterocycles. The molecule has 5 heteroatoms. The van der Waals surface area contributed by atoms with Gasteiger partial charge in [-0.05, 0) is 50.4 Å². The van der Waals surface area contributed by atoms with Crippen LogP contribution in [0.5, 0.6) is 0 Å². The van der Waals surface area contributed by atoms with Crippen LogP contribution in [0, 0.1) is 17.8 Å². The molecule has 2 aliphatic rings. The normalized spacial score (nSPS) is 27.5. The van der Waals surface area contributed by atoms with Gasteiger partial charge in [0.25, 0.3) is 0 Å². The summed E-state index contributed by atoms with van der Waals surface area (Å²) in [6.45, 7) is 2.37. The zero-order valence-corrected chi connectivity index (χ0v) is 13.2. The third-order valence-corrected chi connectivity index (χ3v) is 5.21. The molecule has 3 atom stereocenters. The fourth-order valence-corrected chi connectivity index (χ4v) is 3.59. The maximum Gasteiger partial charge on any atom is 0.317 e.